The quantitative estimate of drug-likeness (QED) is 0.834. The molecular formula is C16H21NO3. The normalized spacial score (nSPS) is 27.4. The zero-order valence-electron chi connectivity index (χ0n) is 11.5. The number of hydrogen-bond acceptors (Lipinski definition) is 3. The van der Waals surface area contributed by atoms with Gasteiger partial charge >= 0.3 is 5.97 Å². The number of carboxylic acids is 1. The number of carbonyl (C=O) groups is 1. The topological polar surface area (TPSA) is 58.6 Å². The predicted molar refractivity (Wildman–Crippen MR) is 75.7 cm³/mol. The van der Waals surface area contributed by atoms with E-state index in [2.05, 4.69) is 5.32 Å². The van der Waals surface area contributed by atoms with Gasteiger partial charge in [0.15, 0.2) is 0 Å². The van der Waals surface area contributed by atoms with Gasteiger partial charge in [-0.25, -0.2) is 0 Å². The van der Waals surface area contributed by atoms with E-state index in [4.69, 9.17) is 4.74 Å². The van der Waals surface area contributed by atoms with Gasteiger partial charge in [0.25, 0.3) is 0 Å². The Morgan fingerprint density at radius 2 is 2.05 bits per heavy atom. The lowest BCUT2D eigenvalue weighted by Gasteiger charge is -2.22. The highest BCUT2D eigenvalue weighted by Crippen LogP contribution is 2.38. The molecule has 0 amide bonds. The van der Waals surface area contributed by atoms with E-state index in [1.54, 1.807) is 0 Å². The van der Waals surface area contributed by atoms with E-state index in [0.29, 0.717) is 24.6 Å². The summed E-state index contributed by atoms with van der Waals surface area (Å²) in [5.41, 5.74) is 0.856. The first-order valence-corrected chi connectivity index (χ1v) is 7.38. The third-order valence-corrected chi connectivity index (χ3v) is 4.31. The second-order valence-corrected chi connectivity index (χ2v) is 5.78. The third kappa shape index (κ3) is 3.02. The second-order valence-electron chi connectivity index (χ2n) is 5.78. The highest BCUT2D eigenvalue weighted by Gasteiger charge is 2.40. The van der Waals surface area contributed by atoms with Gasteiger partial charge in [-0.2, -0.15) is 0 Å². The summed E-state index contributed by atoms with van der Waals surface area (Å²) >= 11 is 0. The fourth-order valence-electron chi connectivity index (χ4n) is 3.02. The minimum atomic E-state index is -0.773. The molecule has 1 aromatic carbocycles. The molecule has 2 N–H and O–H groups in total. The molecule has 1 aromatic rings. The molecule has 4 nitrogen and oxygen atoms in total. The molecule has 1 aliphatic carbocycles. The van der Waals surface area contributed by atoms with Gasteiger partial charge < -0.3 is 15.2 Å². The van der Waals surface area contributed by atoms with Crippen molar-refractivity contribution in [2.75, 3.05) is 13.2 Å². The Balaban J connectivity index is 1.61. The van der Waals surface area contributed by atoms with Gasteiger partial charge in [-0.3, -0.25) is 4.79 Å². The first-order valence-electron chi connectivity index (χ1n) is 7.38. The smallest absolute Gasteiger partial charge is 0.312 e. The number of hydrogen-bond donors (Lipinski definition) is 2. The SMILES string of the molecule is O=C(O)C(CNC1CCOC1C1CC1)c1ccccc1. The summed E-state index contributed by atoms with van der Waals surface area (Å²) in [4.78, 5) is 11.5. The van der Waals surface area contributed by atoms with Crippen LogP contribution in [0.5, 0.6) is 0 Å². The minimum Gasteiger partial charge on any atom is -0.481 e. The van der Waals surface area contributed by atoms with E-state index in [9.17, 15) is 9.90 Å². The third-order valence-electron chi connectivity index (χ3n) is 4.31. The maximum Gasteiger partial charge on any atom is 0.312 e. The summed E-state index contributed by atoms with van der Waals surface area (Å²) in [5.74, 6) is -0.572. The largest absolute Gasteiger partial charge is 0.481 e. The number of carboxylic acid groups (broad SMARTS) is 1. The van der Waals surface area contributed by atoms with Crippen molar-refractivity contribution in [2.24, 2.45) is 5.92 Å². The average molecular weight is 275 g/mol. The lowest BCUT2D eigenvalue weighted by Crippen LogP contribution is -2.41. The number of benzene rings is 1. The van der Waals surface area contributed by atoms with Crippen molar-refractivity contribution < 1.29 is 14.6 Å². The highest BCUT2D eigenvalue weighted by molar-refractivity contribution is 5.76. The molecule has 0 aromatic heterocycles. The molecular weight excluding hydrogens is 254 g/mol. The van der Waals surface area contributed by atoms with Gasteiger partial charge in [0.1, 0.15) is 0 Å². The standard InChI is InChI=1S/C16H21NO3/c18-16(19)13(11-4-2-1-3-5-11)10-17-14-8-9-20-15(14)12-6-7-12/h1-5,12-15,17H,6-10H2,(H,18,19). The first kappa shape index (κ1) is 13.6. The maximum absolute atomic E-state index is 11.5. The van der Waals surface area contributed by atoms with Crippen LogP contribution in [0.2, 0.25) is 0 Å². The summed E-state index contributed by atoms with van der Waals surface area (Å²) in [7, 11) is 0. The summed E-state index contributed by atoms with van der Waals surface area (Å²) in [6.45, 7) is 1.26. The maximum atomic E-state index is 11.5. The zero-order chi connectivity index (χ0) is 13.9. The van der Waals surface area contributed by atoms with Crippen LogP contribution in [0.15, 0.2) is 30.3 Å². The Morgan fingerprint density at radius 3 is 2.70 bits per heavy atom. The minimum absolute atomic E-state index is 0.292. The van der Waals surface area contributed by atoms with Crippen molar-refractivity contribution in [1.29, 1.82) is 0 Å². The van der Waals surface area contributed by atoms with Gasteiger partial charge in [0, 0.05) is 19.2 Å². The summed E-state index contributed by atoms with van der Waals surface area (Å²) in [6.07, 6.45) is 3.79. The Morgan fingerprint density at radius 1 is 1.30 bits per heavy atom. The Bertz CT molecular complexity index is 458. The number of ether oxygens (including phenoxy) is 1. The van der Waals surface area contributed by atoms with Crippen LogP contribution >= 0.6 is 0 Å². The van der Waals surface area contributed by atoms with Crippen LogP contribution < -0.4 is 5.32 Å². The van der Waals surface area contributed by atoms with Crippen LogP contribution in [-0.4, -0.2) is 36.4 Å². The molecule has 1 heterocycles. The zero-order valence-corrected chi connectivity index (χ0v) is 11.5. The molecule has 108 valence electrons. The Labute approximate surface area is 119 Å². The number of aliphatic carboxylic acids is 1. The van der Waals surface area contributed by atoms with Crippen molar-refractivity contribution >= 4 is 5.97 Å². The van der Waals surface area contributed by atoms with Crippen LogP contribution in [-0.2, 0) is 9.53 Å². The molecule has 0 radical (unpaired) electrons. The van der Waals surface area contributed by atoms with Crippen LogP contribution in [0.1, 0.15) is 30.7 Å². The first-order chi connectivity index (χ1) is 9.75. The lowest BCUT2D eigenvalue weighted by molar-refractivity contribution is -0.138. The molecule has 0 bridgehead atoms. The number of nitrogens with one attached hydrogen (secondary N) is 1. The molecule has 20 heavy (non-hydrogen) atoms. The highest BCUT2D eigenvalue weighted by atomic mass is 16.5. The molecule has 1 saturated carbocycles. The van der Waals surface area contributed by atoms with Crippen molar-refractivity contribution in [3.63, 3.8) is 0 Å². The van der Waals surface area contributed by atoms with E-state index in [0.717, 1.165) is 18.6 Å². The van der Waals surface area contributed by atoms with E-state index in [1.165, 1.54) is 12.8 Å². The summed E-state index contributed by atoms with van der Waals surface area (Å²) in [6, 6.07) is 9.75. The fraction of sp³-hybridized carbons (Fsp3) is 0.562. The van der Waals surface area contributed by atoms with Crippen LogP contribution in [0, 0.1) is 5.92 Å². The van der Waals surface area contributed by atoms with Crippen molar-refractivity contribution in [3.8, 4) is 0 Å². The van der Waals surface area contributed by atoms with Crippen LogP contribution in [0.3, 0.4) is 0 Å². The van der Waals surface area contributed by atoms with E-state index in [1.807, 2.05) is 30.3 Å². The molecule has 4 heteroatoms. The van der Waals surface area contributed by atoms with Gasteiger partial charge in [0.2, 0.25) is 0 Å². The molecule has 3 rings (SSSR count). The molecule has 2 fully saturated rings. The van der Waals surface area contributed by atoms with Gasteiger partial charge in [0.05, 0.1) is 12.0 Å². The Hall–Kier alpha value is -1.39. The average Bonchev–Trinajstić information content (AvgIpc) is 3.19. The summed E-state index contributed by atoms with van der Waals surface area (Å²) in [5, 5.41) is 12.8. The second kappa shape index (κ2) is 5.94. The van der Waals surface area contributed by atoms with E-state index < -0.39 is 11.9 Å². The predicted octanol–water partition coefficient (Wildman–Crippen LogP) is 2.01. The van der Waals surface area contributed by atoms with Gasteiger partial charge in [-0.05, 0) is 30.7 Å². The van der Waals surface area contributed by atoms with Crippen molar-refractivity contribution in [3.05, 3.63) is 35.9 Å². The Kier molecular flexibility index (Phi) is 4.03. The van der Waals surface area contributed by atoms with Crippen LogP contribution in [0.4, 0.5) is 0 Å². The van der Waals surface area contributed by atoms with Crippen molar-refractivity contribution in [1.82, 2.24) is 5.32 Å². The summed E-state index contributed by atoms with van der Waals surface area (Å²) < 4.78 is 5.78. The van der Waals surface area contributed by atoms with Crippen LogP contribution in [0.25, 0.3) is 0 Å². The molecule has 1 aliphatic heterocycles. The number of rotatable bonds is 6. The molecule has 2 aliphatic rings. The molecule has 1 saturated heterocycles. The fourth-order valence-corrected chi connectivity index (χ4v) is 3.02. The van der Waals surface area contributed by atoms with E-state index >= 15 is 0 Å². The van der Waals surface area contributed by atoms with E-state index in [-0.39, 0.29) is 0 Å². The lowest BCUT2D eigenvalue weighted by atomic mass is 9.98. The van der Waals surface area contributed by atoms with Gasteiger partial charge in [-0.15, -0.1) is 0 Å². The molecule has 3 unspecified atom stereocenters. The molecule has 0 spiro atoms. The molecule has 3 atom stereocenters. The van der Waals surface area contributed by atoms with Gasteiger partial charge in [-0.1, -0.05) is 30.3 Å². The monoisotopic (exact) mass is 275 g/mol. The van der Waals surface area contributed by atoms with Crippen molar-refractivity contribution in [2.45, 2.75) is 37.3 Å².